The zero-order chi connectivity index (χ0) is 5.86. The minimum atomic E-state index is 0.180. The van der Waals surface area contributed by atoms with Crippen molar-refractivity contribution in [3.8, 4) is 0 Å². The van der Waals surface area contributed by atoms with E-state index in [0.717, 1.165) is 5.70 Å². The fourth-order valence-corrected chi connectivity index (χ4v) is 0.935. The summed E-state index contributed by atoms with van der Waals surface area (Å²) < 4.78 is 4.11. The maximum Gasteiger partial charge on any atom is 0.0374 e. The third-order valence-corrected chi connectivity index (χ3v) is 1.02. The van der Waals surface area contributed by atoms with Gasteiger partial charge in [0.1, 0.15) is 0 Å². The predicted octanol–water partition coefficient (Wildman–Crippen LogP) is 1.58. The Labute approximate surface area is 47.5 Å². The van der Waals surface area contributed by atoms with Crippen molar-refractivity contribution in [1.82, 2.24) is 0 Å². The molecule has 0 unspecified atom stereocenters. The van der Waals surface area contributed by atoms with E-state index in [4.69, 9.17) is 0 Å². The van der Waals surface area contributed by atoms with Gasteiger partial charge in [0.05, 0.1) is 0 Å². The Morgan fingerprint density at radius 3 is 2.00 bits per heavy atom. The second-order valence-electron chi connectivity index (χ2n) is 1.60. The fraction of sp³-hybridized carbons (Fsp3) is 0.600. The Balaban J connectivity index is 3.68. The minimum absolute atomic E-state index is 0.180. The third kappa shape index (κ3) is 5.89. The maximum absolute atomic E-state index is 4.11. The Bertz CT molecular complexity index is 101. The molecule has 2 heteroatoms. The molecule has 0 saturated heterocycles. The second kappa shape index (κ2) is 2.97. The lowest BCUT2D eigenvalue weighted by Gasteiger charge is -1.87. The Morgan fingerprint density at radius 1 is 1.57 bits per heavy atom. The normalized spacial score (nSPS) is 9.14. The SMILES string of the molecule is C=C(C)N=S(C)C. The van der Waals surface area contributed by atoms with Crippen molar-refractivity contribution in [2.75, 3.05) is 12.5 Å². The number of rotatable bonds is 1. The summed E-state index contributed by atoms with van der Waals surface area (Å²) in [6, 6.07) is 0. The van der Waals surface area contributed by atoms with Gasteiger partial charge < -0.3 is 0 Å². The van der Waals surface area contributed by atoms with Crippen LogP contribution in [0.4, 0.5) is 0 Å². The van der Waals surface area contributed by atoms with Crippen LogP contribution in [0.5, 0.6) is 0 Å². The smallest absolute Gasteiger partial charge is 0.0374 e. The first-order valence-corrected chi connectivity index (χ1v) is 4.07. The van der Waals surface area contributed by atoms with E-state index in [0.29, 0.717) is 0 Å². The standard InChI is InChI=1S/C5H11NS/c1-5(2)6-7(3)4/h1H2,2-4H3. The van der Waals surface area contributed by atoms with E-state index in [-0.39, 0.29) is 10.7 Å². The molecule has 0 N–H and O–H groups in total. The van der Waals surface area contributed by atoms with Crippen LogP contribution in [-0.4, -0.2) is 12.5 Å². The quantitative estimate of drug-likeness (QED) is 0.494. The van der Waals surface area contributed by atoms with E-state index in [9.17, 15) is 0 Å². The van der Waals surface area contributed by atoms with E-state index in [1.165, 1.54) is 0 Å². The molecule has 0 rings (SSSR count). The molecule has 0 aromatic carbocycles. The molecule has 0 spiro atoms. The number of nitrogens with zero attached hydrogens (tertiary/aromatic N) is 1. The molecule has 0 aliphatic heterocycles. The largest absolute Gasteiger partial charge is 0.234 e. The van der Waals surface area contributed by atoms with E-state index in [1.54, 1.807) is 0 Å². The van der Waals surface area contributed by atoms with E-state index in [1.807, 2.05) is 6.92 Å². The molecule has 7 heavy (non-hydrogen) atoms. The lowest BCUT2D eigenvalue weighted by molar-refractivity contribution is 1.36. The molecular formula is C5H11NS. The Kier molecular flexibility index (Phi) is 2.92. The summed E-state index contributed by atoms with van der Waals surface area (Å²) in [6.07, 6.45) is 4.13. The highest BCUT2D eigenvalue weighted by molar-refractivity contribution is 7.85. The molecular weight excluding hydrogens is 106 g/mol. The van der Waals surface area contributed by atoms with E-state index in [2.05, 4.69) is 23.5 Å². The van der Waals surface area contributed by atoms with Crippen molar-refractivity contribution in [3.63, 3.8) is 0 Å². The minimum Gasteiger partial charge on any atom is -0.234 e. The first-order chi connectivity index (χ1) is 3.13. The van der Waals surface area contributed by atoms with Crippen molar-refractivity contribution in [2.24, 2.45) is 4.36 Å². The summed E-state index contributed by atoms with van der Waals surface area (Å²) >= 11 is 0. The van der Waals surface area contributed by atoms with Crippen LogP contribution >= 0.6 is 0 Å². The van der Waals surface area contributed by atoms with Gasteiger partial charge >= 0.3 is 0 Å². The Morgan fingerprint density at radius 2 is 2.00 bits per heavy atom. The second-order valence-corrected chi connectivity index (χ2v) is 3.33. The van der Waals surface area contributed by atoms with Crippen LogP contribution in [0.15, 0.2) is 16.6 Å². The van der Waals surface area contributed by atoms with Gasteiger partial charge in [-0.25, -0.2) is 4.36 Å². The predicted molar refractivity (Wildman–Crippen MR) is 36.5 cm³/mol. The highest BCUT2D eigenvalue weighted by Gasteiger charge is 1.72. The van der Waals surface area contributed by atoms with Gasteiger partial charge in [0.15, 0.2) is 0 Å². The summed E-state index contributed by atoms with van der Waals surface area (Å²) in [6.45, 7) is 5.55. The molecule has 0 aromatic heterocycles. The average molecular weight is 117 g/mol. The average Bonchev–Trinajstić information content (AvgIpc) is 1.27. The van der Waals surface area contributed by atoms with Crippen LogP contribution in [0.1, 0.15) is 6.92 Å². The lowest BCUT2D eigenvalue weighted by atomic mass is 10.6. The molecule has 0 aliphatic carbocycles. The molecule has 0 aliphatic rings. The molecule has 0 bridgehead atoms. The maximum atomic E-state index is 4.11. The van der Waals surface area contributed by atoms with Crippen LogP contribution in [0.25, 0.3) is 0 Å². The van der Waals surface area contributed by atoms with Crippen molar-refractivity contribution >= 4 is 10.7 Å². The van der Waals surface area contributed by atoms with Gasteiger partial charge in [-0.3, -0.25) is 0 Å². The summed E-state index contributed by atoms with van der Waals surface area (Å²) in [5, 5.41) is 0. The molecule has 1 nitrogen and oxygen atoms in total. The zero-order valence-electron chi connectivity index (χ0n) is 5.06. The topological polar surface area (TPSA) is 12.4 Å². The first-order valence-electron chi connectivity index (χ1n) is 2.08. The van der Waals surface area contributed by atoms with Crippen LogP contribution in [0.2, 0.25) is 0 Å². The summed E-state index contributed by atoms with van der Waals surface area (Å²) in [5.41, 5.74) is 0.924. The van der Waals surface area contributed by atoms with Gasteiger partial charge in [-0.2, -0.15) is 0 Å². The van der Waals surface area contributed by atoms with Crippen LogP contribution in [-0.2, 0) is 10.7 Å². The first kappa shape index (κ1) is 6.89. The molecule has 42 valence electrons. The molecule has 0 saturated carbocycles. The van der Waals surface area contributed by atoms with Crippen molar-refractivity contribution in [1.29, 1.82) is 0 Å². The van der Waals surface area contributed by atoms with Crippen molar-refractivity contribution < 1.29 is 0 Å². The van der Waals surface area contributed by atoms with Gasteiger partial charge in [0, 0.05) is 5.70 Å². The third-order valence-electron chi connectivity index (χ3n) is 0.338. The van der Waals surface area contributed by atoms with Crippen molar-refractivity contribution in [2.45, 2.75) is 6.92 Å². The molecule has 0 amide bonds. The van der Waals surface area contributed by atoms with Gasteiger partial charge in [0.2, 0.25) is 0 Å². The number of hydrogen-bond donors (Lipinski definition) is 0. The summed E-state index contributed by atoms with van der Waals surface area (Å²) in [4.78, 5) is 0. The zero-order valence-corrected chi connectivity index (χ0v) is 5.88. The van der Waals surface area contributed by atoms with E-state index >= 15 is 0 Å². The van der Waals surface area contributed by atoms with Gasteiger partial charge in [-0.15, -0.1) is 10.7 Å². The van der Waals surface area contributed by atoms with Gasteiger partial charge in [-0.1, -0.05) is 6.58 Å². The monoisotopic (exact) mass is 117 g/mol. The fourth-order valence-electron chi connectivity index (χ4n) is 0.312. The molecule has 0 aromatic rings. The van der Waals surface area contributed by atoms with E-state index < -0.39 is 0 Å². The highest BCUT2D eigenvalue weighted by atomic mass is 32.2. The lowest BCUT2D eigenvalue weighted by Crippen LogP contribution is -1.76. The van der Waals surface area contributed by atoms with Gasteiger partial charge in [0.25, 0.3) is 0 Å². The highest BCUT2D eigenvalue weighted by Crippen LogP contribution is 1.89. The van der Waals surface area contributed by atoms with Gasteiger partial charge in [-0.05, 0) is 19.4 Å². The van der Waals surface area contributed by atoms with Crippen LogP contribution < -0.4 is 0 Å². The van der Waals surface area contributed by atoms with Crippen LogP contribution in [0.3, 0.4) is 0 Å². The molecule has 0 atom stereocenters. The summed E-state index contributed by atoms with van der Waals surface area (Å²) in [7, 11) is 0.180. The van der Waals surface area contributed by atoms with Crippen LogP contribution in [0, 0.1) is 0 Å². The number of hydrogen-bond acceptors (Lipinski definition) is 1. The summed E-state index contributed by atoms with van der Waals surface area (Å²) in [5.74, 6) is 0. The van der Waals surface area contributed by atoms with Crippen molar-refractivity contribution in [3.05, 3.63) is 12.3 Å². The molecule has 0 heterocycles. The molecule has 0 radical (unpaired) electrons. The Hall–Kier alpha value is -0.110. The molecule has 0 fully saturated rings. The number of allylic oxidation sites excluding steroid dienone is 1.